The molecule has 1 aromatic heterocycles. The van der Waals surface area contributed by atoms with Crippen molar-refractivity contribution in [1.82, 2.24) is 9.88 Å². The van der Waals surface area contributed by atoms with Crippen LogP contribution < -0.4 is 9.64 Å². The quantitative estimate of drug-likeness (QED) is 0.550. The van der Waals surface area contributed by atoms with Crippen molar-refractivity contribution in [2.45, 2.75) is 13.3 Å². The number of rotatable bonds is 8. The zero-order valence-corrected chi connectivity index (χ0v) is 18.1. The Morgan fingerprint density at radius 1 is 1.20 bits per heavy atom. The first-order valence-corrected chi connectivity index (χ1v) is 11.2. The van der Waals surface area contributed by atoms with Crippen molar-refractivity contribution in [3.63, 3.8) is 0 Å². The average Bonchev–Trinajstić information content (AvgIpc) is 3.18. The third kappa shape index (κ3) is 5.36. The number of aromatic nitrogens is 1. The lowest BCUT2D eigenvalue weighted by atomic mass is 10.2. The fraction of sp³-hybridized carbons (Fsp3) is 0.391. The lowest BCUT2D eigenvalue weighted by Gasteiger charge is -2.29. The number of carbonyl (C=O) groups excluding carboxylic acids is 1. The fourth-order valence-corrected chi connectivity index (χ4v) is 4.54. The molecule has 0 spiro atoms. The molecule has 0 radical (unpaired) electrons. The summed E-state index contributed by atoms with van der Waals surface area (Å²) in [6, 6.07) is 15.8. The summed E-state index contributed by atoms with van der Waals surface area (Å²) < 4.78 is 12.3. The molecule has 3 aromatic rings. The maximum absolute atomic E-state index is 13.1. The third-order valence-electron chi connectivity index (χ3n) is 5.14. The molecule has 1 fully saturated rings. The Morgan fingerprint density at radius 2 is 2.00 bits per heavy atom. The zero-order valence-electron chi connectivity index (χ0n) is 17.3. The molecular formula is C23H27N3O3S. The molecule has 6 nitrogen and oxygen atoms in total. The van der Waals surface area contributed by atoms with Gasteiger partial charge in [-0.15, -0.1) is 0 Å². The van der Waals surface area contributed by atoms with Gasteiger partial charge in [-0.3, -0.25) is 14.6 Å². The highest BCUT2D eigenvalue weighted by Crippen LogP contribution is 2.30. The number of benzene rings is 2. The van der Waals surface area contributed by atoms with Crippen LogP contribution in [0.5, 0.6) is 5.75 Å². The number of hydrogen-bond acceptors (Lipinski definition) is 6. The van der Waals surface area contributed by atoms with Crippen LogP contribution in [0.15, 0.2) is 48.5 Å². The van der Waals surface area contributed by atoms with E-state index in [1.165, 1.54) is 5.56 Å². The van der Waals surface area contributed by atoms with Crippen molar-refractivity contribution in [3.05, 3.63) is 54.1 Å². The van der Waals surface area contributed by atoms with Gasteiger partial charge in [0, 0.05) is 26.2 Å². The molecule has 1 saturated heterocycles. The zero-order chi connectivity index (χ0) is 20.8. The Morgan fingerprint density at radius 3 is 2.80 bits per heavy atom. The number of carbonyl (C=O) groups is 1. The van der Waals surface area contributed by atoms with Crippen LogP contribution in [0.25, 0.3) is 10.2 Å². The molecule has 0 aliphatic carbocycles. The van der Waals surface area contributed by atoms with E-state index in [2.05, 4.69) is 24.0 Å². The molecule has 2 aromatic carbocycles. The lowest BCUT2D eigenvalue weighted by Crippen LogP contribution is -2.43. The second-order valence-corrected chi connectivity index (χ2v) is 8.39. The van der Waals surface area contributed by atoms with Crippen LogP contribution in [0.4, 0.5) is 5.13 Å². The summed E-state index contributed by atoms with van der Waals surface area (Å²) >= 11 is 1.57. The van der Waals surface area contributed by atoms with Gasteiger partial charge in [-0.05, 0) is 36.8 Å². The van der Waals surface area contributed by atoms with E-state index >= 15 is 0 Å². The molecular weight excluding hydrogens is 398 g/mol. The second-order valence-electron chi connectivity index (χ2n) is 7.38. The Hall–Kier alpha value is -2.48. The van der Waals surface area contributed by atoms with Gasteiger partial charge in [0.25, 0.3) is 0 Å². The van der Waals surface area contributed by atoms with Crippen molar-refractivity contribution in [2.24, 2.45) is 0 Å². The minimum Gasteiger partial charge on any atom is -0.493 e. The van der Waals surface area contributed by atoms with Crippen molar-refractivity contribution >= 4 is 32.6 Å². The van der Waals surface area contributed by atoms with E-state index in [-0.39, 0.29) is 5.91 Å². The molecule has 30 heavy (non-hydrogen) atoms. The van der Waals surface area contributed by atoms with Crippen LogP contribution in [-0.4, -0.2) is 61.8 Å². The Balaban J connectivity index is 1.45. The number of morpholine rings is 1. The molecule has 0 atom stereocenters. The SMILES string of the molecule is Cc1ccc2nc(N(CCN3CCOCC3)C(=O)CCOc3ccccc3)sc2c1. The minimum atomic E-state index is 0.0370. The Bertz CT molecular complexity index is 970. The molecule has 0 N–H and O–H groups in total. The van der Waals surface area contributed by atoms with Gasteiger partial charge in [-0.2, -0.15) is 0 Å². The van der Waals surface area contributed by atoms with Crippen LogP contribution in [-0.2, 0) is 9.53 Å². The van der Waals surface area contributed by atoms with E-state index in [4.69, 9.17) is 14.5 Å². The highest BCUT2D eigenvalue weighted by atomic mass is 32.1. The predicted octanol–water partition coefficient (Wildman–Crippen LogP) is 3.74. The van der Waals surface area contributed by atoms with Crippen LogP contribution >= 0.6 is 11.3 Å². The van der Waals surface area contributed by atoms with Gasteiger partial charge in [0.1, 0.15) is 5.75 Å². The van der Waals surface area contributed by atoms with Crippen molar-refractivity contribution in [3.8, 4) is 5.75 Å². The van der Waals surface area contributed by atoms with Crippen molar-refractivity contribution in [1.29, 1.82) is 0 Å². The van der Waals surface area contributed by atoms with Gasteiger partial charge < -0.3 is 9.47 Å². The van der Waals surface area contributed by atoms with Gasteiger partial charge in [-0.25, -0.2) is 4.98 Å². The maximum Gasteiger partial charge on any atom is 0.232 e. The van der Waals surface area contributed by atoms with Crippen LogP contribution in [0, 0.1) is 6.92 Å². The van der Waals surface area contributed by atoms with E-state index in [9.17, 15) is 4.79 Å². The summed E-state index contributed by atoms with van der Waals surface area (Å²) in [7, 11) is 0. The minimum absolute atomic E-state index is 0.0370. The number of aryl methyl sites for hydroxylation is 1. The van der Waals surface area contributed by atoms with Crippen molar-refractivity contribution in [2.75, 3.05) is 50.9 Å². The molecule has 2 heterocycles. The molecule has 158 valence electrons. The standard InChI is InChI=1S/C23H27N3O3S/c1-18-7-8-20-21(17-18)30-23(24-20)26(11-10-25-12-15-28-16-13-25)22(27)9-14-29-19-5-3-2-4-6-19/h2-8,17H,9-16H2,1H3. The van der Waals surface area contributed by atoms with E-state index in [0.717, 1.165) is 53.9 Å². The van der Waals surface area contributed by atoms with Gasteiger partial charge in [0.05, 0.1) is 36.5 Å². The number of amides is 1. The van der Waals surface area contributed by atoms with Crippen LogP contribution in [0.1, 0.15) is 12.0 Å². The second kappa shape index (κ2) is 10.0. The largest absolute Gasteiger partial charge is 0.493 e. The lowest BCUT2D eigenvalue weighted by molar-refractivity contribution is -0.119. The van der Waals surface area contributed by atoms with E-state index in [1.807, 2.05) is 41.3 Å². The van der Waals surface area contributed by atoms with Crippen molar-refractivity contribution < 1.29 is 14.3 Å². The maximum atomic E-state index is 13.1. The third-order valence-corrected chi connectivity index (χ3v) is 6.18. The summed E-state index contributed by atoms with van der Waals surface area (Å²) in [5.41, 5.74) is 2.13. The molecule has 7 heteroatoms. The first kappa shape index (κ1) is 20.8. The normalized spacial score (nSPS) is 14.7. The van der Waals surface area contributed by atoms with Gasteiger partial charge in [0.15, 0.2) is 5.13 Å². The molecule has 0 saturated carbocycles. The van der Waals surface area contributed by atoms with Crippen LogP contribution in [0.2, 0.25) is 0 Å². The number of ether oxygens (including phenoxy) is 2. The summed E-state index contributed by atoms with van der Waals surface area (Å²) in [5.74, 6) is 0.815. The molecule has 1 aliphatic heterocycles. The first-order chi connectivity index (χ1) is 14.7. The monoisotopic (exact) mass is 425 g/mol. The number of fused-ring (bicyclic) bond motifs is 1. The van der Waals surface area contributed by atoms with E-state index < -0.39 is 0 Å². The summed E-state index contributed by atoms with van der Waals surface area (Å²) in [4.78, 5) is 22.0. The van der Waals surface area contributed by atoms with E-state index in [1.54, 1.807) is 11.3 Å². The number of thiazole rings is 1. The van der Waals surface area contributed by atoms with Gasteiger partial charge in [-0.1, -0.05) is 35.6 Å². The molecule has 1 aliphatic rings. The molecule has 0 bridgehead atoms. The molecule has 1 amide bonds. The number of anilines is 1. The van der Waals surface area contributed by atoms with Gasteiger partial charge in [0.2, 0.25) is 5.91 Å². The highest BCUT2D eigenvalue weighted by Gasteiger charge is 2.21. The predicted molar refractivity (Wildman–Crippen MR) is 121 cm³/mol. The Kier molecular flexibility index (Phi) is 6.94. The Labute approximate surface area is 181 Å². The van der Waals surface area contributed by atoms with Gasteiger partial charge >= 0.3 is 0 Å². The smallest absolute Gasteiger partial charge is 0.232 e. The summed E-state index contributed by atoms with van der Waals surface area (Å²) in [5, 5.41) is 0.758. The fourth-order valence-electron chi connectivity index (χ4n) is 3.44. The average molecular weight is 426 g/mol. The highest BCUT2D eigenvalue weighted by molar-refractivity contribution is 7.22. The molecule has 0 unspecified atom stereocenters. The summed E-state index contributed by atoms with van der Waals surface area (Å²) in [6.45, 7) is 7.14. The summed E-state index contributed by atoms with van der Waals surface area (Å²) in [6.07, 6.45) is 0.312. The number of hydrogen-bond donors (Lipinski definition) is 0. The first-order valence-electron chi connectivity index (χ1n) is 10.3. The van der Waals surface area contributed by atoms with Crippen LogP contribution in [0.3, 0.4) is 0 Å². The van der Waals surface area contributed by atoms with E-state index in [0.29, 0.717) is 19.6 Å². The number of para-hydroxylation sites is 1. The molecule has 4 rings (SSSR count). The topological polar surface area (TPSA) is 54.9 Å². The number of nitrogens with zero attached hydrogens (tertiary/aromatic N) is 3.